The minimum Gasteiger partial charge on any atom is -0.341 e. The van der Waals surface area contributed by atoms with E-state index in [1.807, 2.05) is 11.9 Å². The van der Waals surface area contributed by atoms with E-state index >= 15 is 0 Å². The second-order valence-corrected chi connectivity index (χ2v) is 4.21. The molecule has 0 bridgehead atoms. The summed E-state index contributed by atoms with van der Waals surface area (Å²) in [5.41, 5.74) is 0. The summed E-state index contributed by atoms with van der Waals surface area (Å²) < 4.78 is 0. The molecule has 1 N–H and O–H groups in total. The zero-order valence-electron chi connectivity index (χ0n) is 8.84. The molecular formula is C10H20N2O. The van der Waals surface area contributed by atoms with Crippen LogP contribution in [0.1, 0.15) is 26.7 Å². The lowest BCUT2D eigenvalue weighted by Crippen LogP contribution is -2.33. The van der Waals surface area contributed by atoms with Crippen LogP contribution in [0.15, 0.2) is 0 Å². The number of rotatable bonds is 3. The minimum atomic E-state index is 0.313. The van der Waals surface area contributed by atoms with Gasteiger partial charge in [0.15, 0.2) is 0 Å². The fourth-order valence-corrected chi connectivity index (χ4v) is 1.70. The normalized spacial score (nSPS) is 22.8. The van der Waals surface area contributed by atoms with Gasteiger partial charge < -0.3 is 10.2 Å². The lowest BCUT2D eigenvalue weighted by atomic mass is 10.1. The SMILES string of the molecule is CNC1CCN(C(=O)CC(C)C)C1. The first-order chi connectivity index (χ1) is 6.13. The second-order valence-electron chi connectivity index (χ2n) is 4.21. The van der Waals surface area contributed by atoms with Crippen LogP contribution in [0.25, 0.3) is 0 Å². The number of amides is 1. The van der Waals surface area contributed by atoms with E-state index in [1.54, 1.807) is 0 Å². The molecule has 1 aliphatic heterocycles. The molecule has 0 radical (unpaired) electrons. The molecule has 13 heavy (non-hydrogen) atoms. The van der Waals surface area contributed by atoms with Crippen molar-refractivity contribution in [2.24, 2.45) is 5.92 Å². The molecule has 1 unspecified atom stereocenters. The van der Waals surface area contributed by atoms with Crippen molar-refractivity contribution in [1.29, 1.82) is 0 Å². The van der Waals surface area contributed by atoms with Crippen LogP contribution in [0.4, 0.5) is 0 Å². The van der Waals surface area contributed by atoms with Crippen molar-refractivity contribution in [3.63, 3.8) is 0 Å². The Hall–Kier alpha value is -0.570. The van der Waals surface area contributed by atoms with Crippen LogP contribution in [0, 0.1) is 5.92 Å². The Morgan fingerprint density at radius 1 is 1.62 bits per heavy atom. The van der Waals surface area contributed by atoms with Gasteiger partial charge in [-0.1, -0.05) is 13.8 Å². The summed E-state index contributed by atoms with van der Waals surface area (Å²) in [6.07, 6.45) is 1.79. The highest BCUT2D eigenvalue weighted by atomic mass is 16.2. The first kappa shape index (κ1) is 10.5. The summed E-state index contributed by atoms with van der Waals surface area (Å²) in [6.45, 7) is 5.99. The maximum atomic E-state index is 11.6. The molecule has 1 aliphatic rings. The van der Waals surface area contributed by atoms with Crippen LogP contribution in [0.5, 0.6) is 0 Å². The lowest BCUT2D eigenvalue weighted by Gasteiger charge is -2.17. The van der Waals surface area contributed by atoms with Crippen molar-refractivity contribution in [3.05, 3.63) is 0 Å². The summed E-state index contributed by atoms with van der Waals surface area (Å²) in [5, 5.41) is 3.21. The molecule has 0 aliphatic carbocycles. The fraction of sp³-hybridized carbons (Fsp3) is 0.900. The van der Waals surface area contributed by atoms with E-state index in [1.165, 1.54) is 0 Å². The van der Waals surface area contributed by atoms with Crippen LogP contribution >= 0.6 is 0 Å². The van der Waals surface area contributed by atoms with Gasteiger partial charge in [0.1, 0.15) is 0 Å². The van der Waals surface area contributed by atoms with E-state index in [4.69, 9.17) is 0 Å². The molecule has 3 nitrogen and oxygen atoms in total. The minimum absolute atomic E-state index is 0.313. The average molecular weight is 184 g/mol. The molecule has 3 heteroatoms. The van der Waals surface area contributed by atoms with Crippen LogP contribution in [-0.4, -0.2) is 37.0 Å². The van der Waals surface area contributed by atoms with Crippen LogP contribution in [0.3, 0.4) is 0 Å². The predicted octanol–water partition coefficient (Wildman–Crippen LogP) is 0.853. The number of hydrogen-bond donors (Lipinski definition) is 1. The topological polar surface area (TPSA) is 32.3 Å². The number of carbonyl (C=O) groups excluding carboxylic acids is 1. The van der Waals surface area contributed by atoms with Crippen LogP contribution in [-0.2, 0) is 4.79 Å². The molecule has 1 fully saturated rings. The molecule has 0 saturated carbocycles. The number of likely N-dealkylation sites (N-methyl/N-ethyl adjacent to an activating group) is 1. The van der Waals surface area contributed by atoms with Crippen molar-refractivity contribution in [3.8, 4) is 0 Å². The summed E-state index contributed by atoms with van der Waals surface area (Å²) >= 11 is 0. The van der Waals surface area contributed by atoms with Gasteiger partial charge in [-0.25, -0.2) is 0 Å². The number of carbonyl (C=O) groups is 1. The molecule has 1 saturated heterocycles. The molecule has 1 atom stereocenters. The zero-order chi connectivity index (χ0) is 9.84. The smallest absolute Gasteiger partial charge is 0.222 e. The van der Waals surface area contributed by atoms with Crippen molar-refractivity contribution in [1.82, 2.24) is 10.2 Å². The van der Waals surface area contributed by atoms with Gasteiger partial charge in [-0.05, 0) is 19.4 Å². The third-order valence-electron chi connectivity index (χ3n) is 2.53. The highest BCUT2D eigenvalue weighted by Crippen LogP contribution is 2.12. The summed E-state index contributed by atoms with van der Waals surface area (Å²) in [4.78, 5) is 13.6. The Balaban J connectivity index is 2.33. The fourth-order valence-electron chi connectivity index (χ4n) is 1.70. The highest BCUT2D eigenvalue weighted by molar-refractivity contribution is 5.76. The Morgan fingerprint density at radius 3 is 2.77 bits per heavy atom. The summed E-state index contributed by atoms with van der Waals surface area (Å²) in [5.74, 6) is 0.786. The van der Waals surface area contributed by atoms with Crippen LogP contribution < -0.4 is 5.32 Å². The number of nitrogens with one attached hydrogen (secondary N) is 1. The average Bonchev–Trinajstić information content (AvgIpc) is 2.50. The molecule has 1 rings (SSSR count). The standard InChI is InChI=1S/C10H20N2O/c1-8(2)6-10(13)12-5-4-9(7-12)11-3/h8-9,11H,4-7H2,1-3H3. The van der Waals surface area contributed by atoms with E-state index in [-0.39, 0.29) is 0 Å². The highest BCUT2D eigenvalue weighted by Gasteiger charge is 2.24. The Bertz CT molecular complexity index is 180. The van der Waals surface area contributed by atoms with Gasteiger partial charge in [-0.15, -0.1) is 0 Å². The van der Waals surface area contributed by atoms with Crippen molar-refractivity contribution >= 4 is 5.91 Å². The quantitative estimate of drug-likeness (QED) is 0.705. The Labute approximate surface area is 80.5 Å². The molecule has 0 aromatic rings. The maximum Gasteiger partial charge on any atom is 0.222 e. The van der Waals surface area contributed by atoms with Gasteiger partial charge >= 0.3 is 0 Å². The van der Waals surface area contributed by atoms with Crippen molar-refractivity contribution in [2.75, 3.05) is 20.1 Å². The molecule has 1 heterocycles. The predicted molar refractivity (Wildman–Crippen MR) is 53.5 cm³/mol. The first-order valence-corrected chi connectivity index (χ1v) is 5.08. The van der Waals surface area contributed by atoms with E-state index in [2.05, 4.69) is 19.2 Å². The lowest BCUT2D eigenvalue weighted by molar-refractivity contribution is -0.130. The molecular weight excluding hydrogens is 164 g/mol. The monoisotopic (exact) mass is 184 g/mol. The largest absolute Gasteiger partial charge is 0.341 e. The van der Waals surface area contributed by atoms with E-state index < -0.39 is 0 Å². The van der Waals surface area contributed by atoms with Gasteiger partial charge in [-0.2, -0.15) is 0 Å². The third kappa shape index (κ3) is 2.99. The Kier molecular flexibility index (Phi) is 3.72. The van der Waals surface area contributed by atoms with Crippen molar-refractivity contribution in [2.45, 2.75) is 32.7 Å². The molecule has 76 valence electrons. The summed E-state index contributed by atoms with van der Waals surface area (Å²) in [7, 11) is 1.96. The van der Waals surface area contributed by atoms with Crippen LogP contribution in [0.2, 0.25) is 0 Å². The zero-order valence-corrected chi connectivity index (χ0v) is 8.84. The van der Waals surface area contributed by atoms with Gasteiger partial charge in [-0.3, -0.25) is 4.79 Å². The molecule has 0 aromatic carbocycles. The van der Waals surface area contributed by atoms with E-state index in [0.29, 0.717) is 24.3 Å². The van der Waals surface area contributed by atoms with Gasteiger partial charge in [0, 0.05) is 25.6 Å². The second kappa shape index (κ2) is 4.61. The molecule has 0 spiro atoms. The van der Waals surface area contributed by atoms with Gasteiger partial charge in [0.2, 0.25) is 5.91 Å². The van der Waals surface area contributed by atoms with E-state index in [9.17, 15) is 4.79 Å². The molecule has 1 amide bonds. The van der Waals surface area contributed by atoms with Gasteiger partial charge in [0.05, 0.1) is 0 Å². The van der Waals surface area contributed by atoms with Crippen molar-refractivity contribution < 1.29 is 4.79 Å². The van der Waals surface area contributed by atoms with E-state index in [0.717, 1.165) is 19.5 Å². The maximum absolute atomic E-state index is 11.6. The first-order valence-electron chi connectivity index (χ1n) is 5.08. The number of likely N-dealkylation sites (tertiary alicyclic amines) is 1. The summed E-state index contributed by atoms with van der Waals surface area (Å²) in [6, 6.07) is 0.510. The number of hydrogen-bond acceptors (Lipinski definition) is 2. The van der Waals surface area contributed by atoms with Gasteiger partial charge in [0.25, 0.3) is 0 Å². The Morgan fingerprint density at radius 2 is 2.31 bits per heavy atom. The third-order valence-corrected chi connectivity index (χ3v) is 2.53. The number of nitrogens with zero attached hydrogens (tertiary/aromatic N) is 1. The molecule has 0 aromatic heterocycles.